The maximum atomic E-state index is 14.0. The molecule has 0 bridgehead atoms. The fourth-order valence-corrected chi connectivity index (χ4v) is 2.17. The van der Waals surface area contributed by atoms with Crippen LogP contribution in [0.25, 0.3) is 0 Å². The highest BCUT2D eigenvalue weighted by Gasteiger charge is 2.21. The largest absolute Gasteiger partial charge is 0.375 e. The number of ketones is 1. The van der Waals surface area contributed by atoms with Crippen molar-refractivity contribution < 1.29 is 13.9 Å². The number of carbonyl (C=O) groups excluding carboxylic acids is 1. The monoisotopic (exact) mass is 251 g/mol. The molecule has 3 nitrogen and oxygen atoms in total. The molecule has 1 unspecified atom stereocenters. The zero-order valence-corrected chi connectivity index (χ0v) is 10.8. The molecule has 0 saturated carbocycles. The molecule has 0 aromatic heterocycles. The average Bonchev–Trinajstić information content (AvgIpc) is 2.38. The summed E-state index contributed by atoms with van der Waals surface area (Å²) in [5.41, 5.74) is 0.971. The molecule has 0 spiro atoms. The van der Waals surface area contributed by atoms with Crippen LogP contribution in [0, 0.1) is 5.82 Å². The van der Waals surface area contributed by atoms with Crippen LogP contribution in [0.5, 0.6) is 0 Å². The number of halogens is 1. The number of rotatable bonds is 3. The normalized spacial score (nSPS) is 19.9. The minimum Gasteiger partial charge on any atom is -0.375 e. The molecule has 1 saturated heterocycles. The molecule has 0 N–H and O–H groups in total. The molecule has 1 heterocycles. The lowest BCUT2D eigenvalue weighted by atomic mass is 10.1. The second-order valence-electron chi connectivity index (χ2n) is 4.57. The summed E-state index contributed by atoms with van der Waals surface area (Å²) >= 11 is 0. The van der Waals surface area contributed by atoms with Crippen molar-refractivity contribution in [3.63, 3.8) is 0 Å². The Bertz CT molecular complexity index is 447. The zero-order valence-electron chi connectivity index (χ0n) is 10.8. The molecular weight excluding hydrogens is 233 g/mol. The van der Waals surface area contributed by atoms with Gasteiger partial charge in [-0.15, -0.1) is 0 Å². The number of nitrogens with zero attached hydrogens (tertiary/aromatic N) is 1. The fourth-order valence-electron chi connectivity index (χ4n) is 2.17. The second-order valence-corrected chi connectivity index (χ2v) is 4.57. The summed E-state index contributed by atoms with van der Waals surface area (Å²) in [6, 6.07) is 4.68. The fraction of sp³-hybridized carbons (Fsp3) is 0.500. The van der Waals surface area contributed by atoms with E-state index in [1.807, 2.05) is 4.90 Å². The Morgan fingerprint density at radius 3 is 2.94 bits per heavy atom. The summed E-state index contributed by atoms with van der Waals surface area (Å²) in [6.07, 6.45) is 1.08. The maximum absolute atomic E-state index is 14.0. The molecule has 0 radical (unpaired) electrons. The number of hydrogen-bond acceptors (Lipinski definition) is 3. The van der Waals surface area contributed by atoms with Gasteiger partial charge in [0.05, 0.1) is 18.4 Å². The van der Waals surface area contributed by atoms with Crippen LogP contribution in [0.4, 0.5) is 10.1 Å². The second kappa shape index (κ2) is 5.48. The smallest absolute Gasteiger partial charge is 0.159 e. The van der Waals surface area contributed by atoms with E-state index >= 15 is 0 Å². The molecule has 1 atom stereocenters. The molecule has 1 aromatic carbocycles. The Morgan fingerprint density at radius 1 is 1.56 bits per heavy atom. The van der Waals surface area contributed by atoms with Crippen molar-refractivity contribution in [2.24, 2.45) is 0 Å². The van der Waals surface area contributed by atoms with Gasteiger partial charge in [-0.3, -0.25) is 4.79 Å². The molecule has 1 fully saturated rings. The minimum absolute atomic E-state index is 0.117. The van der Waals surface area contributed by atoms with Crippen molar-refractivity contribution in [3.05, 3.63) is 29.6 Å². The van der Waals surface area contributed by atoms with Gasteiger partial charge in [0.1, 0.15) is 5.82 Å². The first-order chi connectivity index (χ1) is 8.61. The number of ether oxygens (including phenoxy) is 1. The first-order valence-electron chi connectivity index (χ1n) is 6.29. The number of morpholine rings is 1. The lowest BCUT2D eigenvalue weighted by Crippen LogP contribution is -2.42. The Labute approximate surface area is 107 Å². The highest BCUT2D eigenvalue weighted by Crippen LogP contribution is 2.23. The molecule has 1 aliphatic heterocycles. The van der Waals surface area contributed by atoms with Crippen LogP contribution in [0.1, 0.15) is 30.6 Å². The number of carbonyl (C=O) groups is 1. The Balaban J connectivity index is 2.20. The molecule has 1 aromatic rings. The van der Waals surface area contributed by atoms with Crippen molar-refractivity contribution in [2.75, 3.05) is 24.6 Å². The summed E-state index contributed by atoms with van der Waals surface area (Å²) in [5, 5.41) is 0. The predicted octanol–water partition coefficient (Wildman–Crippen LogP) is 2.64. The summed E-state index contributed by atoms with van der Waals surface area (Å²) < 4.78 is 19.6. The molecule has 0 amide bonds. The molecule has 1 aliphatic rings. The quantitative estimate of drug-likeness (QED) is 0.773. The molecule has 18 heavy (non-hydrogen) atoms. The summed E-state index contributed by atoms with van der Waals surface area (Å²) in [7, 11) is 0. The third-order valence-electron chi connectivity index (χ3n) is 3.29. The third-order valence-corrected chi connectivity index (χ3v) is 3.29. The lowest BCUT2D eigenvalue weighted by Gasteiger charge is -2.34. The molecular formula is C14H18FNO2. The Hall–Kier alpha value is -1.42. The highest BCUT2D eigenvalue weighted by atomic mass is 19.1. The molecule has 2 rings (SSSR count). The van der Waals surface area contributed by atoms with E-state index in [2.05, 4.69) is 6.92 Å². The number of hydrogen-bond donors (Lipinski definition) is 0. The average molecular weight is 251 g/mol. The van der Waals surface area contributed by atoms with Crippen LogP contribution in [-0.4, -0.2) is 31.6 Å². The van der Waals surface area contributed by atoms with Gasteiger partial charge in [-0.1, -0.05) is 6.92 Å². The molecule has 0 aliphatic carbocycles. The summed E-state index contributed by atoms with van der Waals surface area (Å²) in [5.74, 6) is -0.451. The van der Waals surface area contributed by atoms with Gasteiger partial charge < -0.3 is 9.64 Å². The van der Waals surface area contributed by atoms with E-state index < -0.39 is 0 Å². The van der Waals surface area contributed by atoms with Gasteiger partial charge in [0.2, 0.25) is 0 Å². The summed E-state index contributed by atoms with van der Waals surface area (Å²) in [6.45, 7) is 5.51. The lowest BCUT2D eigenvalue weighted by molar-refractivity contribution is 0.0382. The number of Topliss-reactive ketones (excluding diaryl/α,β-unsaturated/α-hetero) is 1. The number of benzene rings is 1. The van der Waals surface area contributed by atoms with Crippen molar-refractivity contribution in [3.8, 4) is 0 Å². The van der Waals surface area contributed by atoms with Crippen LogP contribution in [0.2, 0.25) is 0 Å². The summed E-state index contributed by atoms with van der Waals surface area (Å²) in [4.78, 5) is 13.2. The van der Waals surface area contributed by atoms with E-state index in [4.69, 9.17) is 4.74 Å². The molecule has 4 heteroatoms. The van der Waals surface area contributed by atoms with Crippen LogP contribution >= 0.6 is 0 Å². The van der Waals surface area contributed by atoms with Crippen molar-refractivity contribution >= 4 is 11.5 Å². The van der Waals surface area contributed by atoms with E-state index in [0.29, 0.717) is 30.9 Å². The van der Waals surface area contributed by atoms with Gasteiger partial charge >= 0.3 is 0 Å². The van der Waals surface area contributed by atoms with Gasteiger partial charge in [-0.25, -0.2) is 4.39 Å². The van der Waals surface area contributed by atoms with Crippen molar-refractivity contribution in [1.29, 1.82) is 0 Å². The van der Waals surface area contributed by atoms with E-state index in [0.717, 1.165) is 6.42 Å². The van der Waals surface area contributed by atoms with E-state index in [1.54, 1.807) is 12.1 Å². The van der Waals surface area contributed by atoms with E-state index in [1.165, 1.54) is 13.0 Å². The first kappa shape index (κ1) is 13.0. The standard InChI is InChI=1S/C14H18FNO2/c1-3-12-9-16(6-7-18-12)14-5-4-11(10(2)17)8-13(14)15/h4-5,8,12H,3,6-7,9H2,1-2H3. The van der Waals surface area contributed by atoms with Crippen LogP contribution in [0.15, 0.2) is 18.2 Å². The Kier molecular flexibility index (Phi) is 3.97. The van der Waals surface area contributed by atoms with Crippen LogP contribution in [0.3, 0.4) is 0 Å². The minimum atomic E-state index is -0.334. The van der Waals surface area contributed by atoms with Gasteiger partial charge in [-0.05, 0) is 31.5 Å². The van der Waals surface area contributed by atoms with Gasteiger partial charge in [0.25, 0.3) is 0 Å². The third kappa shape index (κ3) is 2.70. The van der Waals surface area contributed by atoms with Gasteiger partial charge in [0.15, 0.2) is 5.78 Å². The van der Waals surface area contributed by atoms with E-state index in [9.17, 15) is 9.18 Å². The topological polar surface area (TPSA) is 29.5 Å². The van der Waals surface area contributed by atoms with Crippen molar-refractivity contribution in [2.45, 2.75) is 26.4 Å². The highest BCUT2D eigenvalue weighted by molar-refractivity contribution is 5.94. The van der Waals surface area contributed by atoms with Crippen molar-refractivity contribution in [1.82, 2.24) is 0 Å². The molecule has 98 valence electrons. The number of anilines is 1. The first-order valence-corrected chi connectivity index (χ1v) is 6.29. The maximum Gasteiger partial charge on any atom is 0.159 e. The van der Waals surface area contributed by atoms with Crippen LogP contribution in [-0.2, 0) is 4.74 Å². The van der Waals surface area contributed by atoms with Crippen LogP contribution < -0.4 is 4.90 Å². The zero-order chi connectivity index (χ0) is 13.1. The SMILES string of the molecule is CCC1CN(c2ccc(C(C)=O)cc2F)CCO1. The Morgan fingerprint density at radius 2 is 2.33 bits per heavy atom. The van der Waals surface area contributed by atoms with Gasteiger partial charge in [-0.2, -0.15) is 0 Å². The predicted molar refractivity (Wildman–Crippen MR) is 68.6 cm³/mol. The van der Waals surface area contributed by atoms with E-state index in [-0.39, 0.29) is 17.7 Å². The van der Waals surface area contributed by atoms with Gasteiger partial charge in [0, 0.05) is 18.7 Å².